The smallest absolute Gasteiger partial charge is 0.307 e. The van der Waals surface area contributed by atoms with Gasteiger partial charge in [0, 0.05) is 10.6 Å². The molecule has 1 aromatic heterocycles. The van der Waals surface area contributed by atoms with Crippen molar-refractivity contribution >= 4 is 29.3 Å². The molecule has 0 aliphatic heterocycles. The summed E-state index contributed by atoms with van der Waals surface area (Å²) in [4.78, 5) is 25.0. The number of hydrogen-bond acceptors (Lipinski definition) is 5. The first-order valence-electron chi connectivity index (χ1n) is 9.80. The van der Waals surface area contributed by atoms with Crippen LogP contribution >= 0.6 is 11.8 Å². The van der Waals surface area contributed by atoms with Crippen molar-refractivity contribution in [2.24, 2.45) is 0 Å². The average molecular weight is 442 g/mol. The Kier molecular flexibility index (Phi) is 7.46. The van der Waals surface area contributed by atoms with Crippen LogP contribution in [0.4, 0.5) is 10.1 Å². The van der Waals surface area contributed by atoms with Gasteiger partial charge in [0.2, 0.25) is 0 Å². The molecule has 8 heteroatoms. The Morgan fingerprint density at radius 2 is 1.74 bits per heavy atom. The monoisotopic (exact) mass is 441 g/mol. The summed E-state index contributed by atoms with van der Waals surface area (Å²) in [6, 6.07) is 14.0. The molecule has 0 atom stereocenters. The SMILES string of the molecule is Cc1ccc(-n2nc(C)c(NC(=O)COC(=O)CCSc3ccc(F)cc3)c2C)cc1. The number of carbonyl (C=O) groups is 2. The number of halogens is 1. The lowest BCUT2D eigenvalue weighted by Gasteiger charge is -2.08. The van der Waals surface area contributed by atoms with Crippen molar-refractivity contribution in [2.45, 2.75) is 32.1 Å². The molecule has 31 heavy (non-hydrogen) atoms. The number of ether oxygens (including phenoxy) is 1. The number of nitrogens with zero attached hydrogens (tertiary/aromatic N) is 2. The van der Waals surface area contributed by atoms with E-state index < -0.39 is 11.9 Å². The number of thioether (sulfide) groups is 1. The number of amides is 1. The highest BCUT2D eigenvalue weighted by Gasteiger charge is 2.16. The predicted molar refractivity (Wildman–Crippen MR) is 119 cm³/mol. The summed E-state index contributed by atoms with van der Waals surface area (Å²) in [6.07, 6.45) is 0.152. The molecule has 1 amide bonds. The summed E-state index contributed by atoms with van der Waals surface area (Å²) in [5.41, 5.74) is 4.12. The van der Waals surface area contributed by atoms with Crippen molar-refractivity contribution in [2.75, 3.05) is 17.7 Å². The molecule has 3 aromatic rings. The van der Waals surface area contributed by atoms with Crippen molar-refractivity contribution in [1.29, 1.82) is 0 Å². The number of anilines is 1. The van der Waals surface area contributed by atoms with Crippen LogP contribution < -0.4 is 5.32 Å². The Balaban J connectivity index is 1.48. The van der Waals surface area contributed by atoms with Crippen LogP contribution in [-0.4, -0.2) is 34.0 Å². The second-order valence-corrected chi connectivity index (χ2v) is 8.22. The third-order valence-corrected chi connectivity index (χ3v) is 5.60. The molecular formula is C23H24FN3O3S. The van der Waals surface area contributed by atoms with Crippen LogP contribution in [0.3, 0.4) is 0 Å². The fourth-order valence-electron chi connectivity index (χ4n) is 2.94. The van der Waals surface area contributed by atoms with E-state index in [4.69, 9.17) is 4.74 Å². The molecule has 0 saturated carbocycles. The molecule has 0 spiro atoms. The zero-order chi connectivity index (χ0) is 22.4. The van der Waals surface area contributed by atoms with E-state index in [2.05, 4.69) is 10.4 Å². The van der Waals surface area contributed by atoms with E-state index >= 15 is 0 Å². The first-order valence-corrected chi connectivity index (χ1v) is 10.8. The second kappa shape index (κ2) is 10.3. The van der Waals surface area contributed by atoms with Crippen molar-refractivity contribution in [1.82, 2.24) is 9.78 Å². The van der Waals surface area contributed by atoms with Gasteiger partial charge in [-0.3, -0.25) is 9.59 Å². The topological polar surface area (TPSA) is 73.2 Å². The fraction of sp³-hybridized carbons (Fsp3) is 0.261. The van der Waals surface area contributed by atoms with Gasteiger partial charge in [-0.05, 0) is 57.2 Å². The van der Waals surface area contributed by atoms with Crippen LogP contribution in [0.2, 0.25) is 0 Å². The van der Waals surface area contributed by atoms with E-state index in [1.165, 1.54) is 23.9 Å². The van der Waals surface area contributed by atoms with Gasteiger partial charge in [-0.2, -0.15) is 5.10 Å². The highest BCUT2D eigenvalue weighted by Crippen LogP contribution is 2.23. The van der Waals surface area contributed by atoms with Gasteiger partial charge in [0.15, 0.2) is 6.61 Å². The standard InChI is InChI=1S/C23H24FN3O3S/c1-15-4-8-19(9-5-15)27-17(3)23(16(2)26-27)25-21(28)14-30-22(29)12-13-31-20-10-6-18(24)7-11-20/h4-11H,12-14H2,1-3H3,(H,25,28). The number of aryl methyl sites for hydroxylation is 2. The zero-order valence-corrected chi connectivity index (χ0v) is 18.5. The molecule has 3 rings (SSSR count). The summed E-state index contributed by atoms with van der Waals surface area (Å²) in [5.74, 6) is -0.708. The van der Waals surface area contributed by atoms with E-state index in [0.717, 1.165) is 21.8 Å². The summed E-state index contributed by atoms with van der Waals surface area (Å²) >= 11 is 1.42. The summed E-state index contributed by atoms with van der Waals surface area (Å²) in [7, 11) is 0. The minimum Gasteiger partial charge on any atom is -0.456 e. The number of rotatable bonds is 8. The Bertz CT molecular complexity index is 1060. The average Bonchev–Trinajstić information content (AvgIpc) is 3.02. The molecule has 0 unspecified atom stereocenters. The van der Waals surface area contributed by atoms with Gasteiger partial charge in [0.1, 0.15) is 5.82 Å². The van der Waals surface area contributed by atoms with E-state index in [9.17, 15) is 14.0 Å². The summed E-state index contributed by atoms with van der Waals surface area (Å²) in [5, 5.41) is 7.28. The number of esters is 1. The van der Waals surface area contributed by atoms with Crippen LogP contribution in [0.5, 0.6) is 0 Å². The Morgan fingerprint density at radius 3 is 2.42 bits per heavy atom. The van der Waals surface area contributed by atoms with Gasteiger partial charge in [-0.15, -0.1) is 11.8 Å². The lowest BCUT2D eigenvalue weighted by atomic mass is 10.2. The second-order valence-electron chi connectivity index (χ2n) is 7.05. The largest absolute Gasteiger partial charge is 0.456 e. The van der Waals surface area contributed by atoms with Gasteiger partial charge in [0.25, 0.3) is 5.91 Å². The lowest BCUT2D eigenvalue weighted by molar-refractivity contribution is -0.146. The van der Waals surface area contributed by atoms with E-state index in [1.54, 1.807) is 16.8 Å². The molecule has 0 saturated heterocycles. The number of carbonyl (C=O) groups excluding carboxylic acids is 2. The highest BCUT2D eigenvalue weighted by atomic mass is 32.2. The fourth-order valence-corrected chi connectivity index (χ4v) is 3.77. The number of nitrogens with one attached hydrogen (secondary N) is 1. The van der Waals surface area contributed by atoms with Crippen LogP contribution in [0.1, 0.15) is 23.4 Å². The number of hydrogen-bond donors (Lipinski definition) is 1. The van der Waals surface area contributed by atoms with Gasteiger partial charge in [-0.25, -0.2) is 9.07 Å². The van der Waals surface area contributed by atoms with E-state index in [1.807, 2.05) is 45.0 Å². The third kappa shape index (κ3) is 6.18. The maximum Gasteiger partial charge on any atom is 0.307 e. The molecule has 1 heterocycles. The Morgan fingerprint density at radius 1 is 1.06 bits per heavy atom. The molecule has 2 aromatic carbocycles. The quantitative estimate of drug-likeness (QED) is 0.409. The highest BCUT2D eigenvalue weighted by molar-refractivity contribution is 7.99. The van der Waals surface area contributed by atoms with Crippen LogP contribution in [-0.2, 0) is 14.3 Å². The van der Waals surface area contributed by atoms with Gasteiger partial charge in [-0.1, -0.05) is 17.7 Å². The van der Waals surface area contributed by atoms with Gasteiger partial charge < -0.3 is 10.1 Å². The number of aromatic nitrogens is 2. The molecule has 0 aliphatic rings. The molecule has 0 radical (unpaired) electrons. The van der Waals surface area contributed by atoms with Crippen LogP contribution in [0, 0.1) is 26.6 Å². The summed E-state index contributed by atoms with van der Waals surface area (Å²) < 4.78 is 19.7. The lowest BCUT2D eigenvalue weighted by Crippen LogP contribution is -2.21. The maximum atomic E-state index is 12.9. The molecule has 6 nitrogen and oxygen atoms in total. The maximum absolute atomic E-state index is 12.9. The summed E-state index contributed by atoms with van der Waals surface area (Å²) in [6.45, 7) is 5.33. The van der Waals surface area contributed by atoms with Crippen molar-refractivity contribution in [3.05, 3.63) is 71.3 Å². The van der Waals surface area contributed by atoms with Crippen LogP contribution in [0.15, 0.2) is 53.4 Å². The first-order chi connectivity index (χ1) is 14.8. The van der Waals surface area contributed by atoms with Crippen molar-refractivity contribution in [3.8, 4) is 5.69 Å². The van der Waals surface area contributed by atoms with Crippen molar-refractivity contribution in [3.63, 3.8) is 0 Å². The minimum absolute atomic E-state index is 0.152. The third-order valence-electron chi connectivity index (χ3n) is 4.59. The molecular weight excluding hydrogens is 417 g/mol. The normalized spacial score (nSPS) is 10.7. The van der Waals surface area contributed by atoms with Crippen molar-refractivity contribution < 1.29 is 18.7 Å². The van der Waals surface area contributed by atoms with Gasteiger partial charge in [0.05, 0.1) is 29.2 Å². The molecule has 162 valence electrons. The number of benzene rings is 2. The van der Waals surface area contributed by atoms with Crippen LogP contribution in [0.25, 0.3) is 5.69 Å². The van der Waals surface area contributed by atoms with E-state index in [0.29, 0.717) is 17.1 Å². The zero-order valence-electron chi connectivity index (χ0n) is 17.6. The minimum atomic E-state index is -0.464. The molecule has 0 fully saturated rings. The Labute approximate surface area is 184 Å². The molecule has 1 N–H and O–H groups in total. The van der Waals surface area contributed by atoms with E-state index in [-0.39, 0.29) is 18.8 Å². The first kappa shape index (κ1) is 22.6. The molecule has 0 aliphatic carbocycles. The molecule has 0 bridgehead atoms. The van der Waals surface area contributed by atoms with Gasteiger partial charge >= 0.3 is 5.97 Å². The predicted octanol–water partition coefficient (Wildman–Crippen LogP) is 4.60. The Hall–Kier alpha value is -3.13.